The van der Waals surface area contributed by atoms with Gasteiger partial charge in [-0.15, -0.1) is 0 Å². The second kappa shape index (κ2) is 11.0. The maximum Gasteiger partial charge on any atom is 0.123 e. The second-order valence-electron chi connectivity index (χ2n) is 8.44. The Labute approximate surface area is 167 Å². The number of benzene rings is 1. The first kappa shape index (κ1) is 23.0. The summed E-state index contributed by atoms with van der Waals surface area (Å²) in [6.45, 7) is 17.0. The van der Waals surface area contributed by atoms with Crippen molar-refractivity contribution in [3.63, 3.8) is 0 Å². The molecule has 148 valence electrons. The molecule has 1 aromatic carbocycles. The minimum Gasteiger partial charge on any atom is -0.507 e. The molecule has 0 aliphatic rings. The molecule has 1 heteroatoms. The van der Waals surface area contributed by atoms with E-state index in [2.05, 4.69) is 85.8 Å². The molecule has 1 N–H and O–H groups in total. The molecule has 0 amide bonds. The van der Waals surface area contributed by atoms with E-state index in [9.17, 15) is 5.11 Å². The summed E-state index contributed by atoms with van der Waals surface area (Å²) in [5, 5.41) is 11.2. The molecule has 27 heavy (non-hydrogen) atoms. The molecule has 0 aromatic heterocycles. The quantitative estimate of drug-likeness (QED) is 0.474. The molecule has 0 radical (unpaired) electrons. The Morgan fingerprint density at radius 3 is 1.19 bits per heavy atom. The van der Waals surface area contributed by atoms with Crippen LogP contribution < -0.4 is 0 Å². The number of hydrogen-bond donors (Lipinski definition) is 1. The summed E-state index contributed by atoms with van der Waals surface area (Å²) in [7, 11) is 0. The van der Waals surface area contributed by atoms with Crippen molar-refractivity contribution in [2.45, 2.75) is 81.1 Å². The van der Waals surface area contributed by atoms with Crippen LogP contribution in [0.1, 0.15) is 77.6 Å². The van der Waals surface area contributed by atoms with Crippen molar-refractivity contribution in [2.24, 2.45) is 0 Å². The Hall–Kier alpha value is -2.02. The Bertz CT molecular complexity index is 692. The summed E-state index contributed by atoms with van der Waals surface area (Å²) in [6.07, 6.45) is 12.2. The van der Waals surface area contributed by atoms with Crippen LogP contribution >= 0.6 is 0 Å². The molecule has 1 nitrogen and oxygen atoms in total. The first-order valence-corrected chi connectivity index (χ1v) is 10.0. The average molecular weight is 367 g/mol. The van der Waals surface area contributed by atoms with E-state index < -0.39 is 0 Å². The van der Waals surface area contributed by atoms with Crippen LogP contribution in [-0.2, 0) is 25.7 Å². The van der Waals surface area contributed by atoms with Crippen LogP contribution in [0, 0.1) is 0 Å². The molecule has 0 bridgehead atoms. The van der Waals surface area contributed by atoms with Gasteiger partial charge in [0, 0.05) is 11.1 Å². The highest BCUT2D eigenvalue weighted by Crippen LogP contribution is 2.33. The highest BCUT2D eigenvalue weighted by Gasteiger charge is 2.15. The zero-order valence-corrected chi connectivity index (χ0v) is 18.7. The molecule has 0 aliphatic carbocycles. The summed E-state index contributed by atoms with van der Waals surface area (Å²) in [5.74, 6) is 0.488. The lowest BCUT2D eigenvalue weighted by molar-refractivity contribution is 0.462. The molecule has 0 saturated heterocycles. The van der Waals surface area contributed by atoms with Gasteiger partial charge in [0.2, 0.25) is 0 Å². The lowest BCUT2D eigenvalue weighted by Gasteiger charge is -2.18. The molecule has 1 aromatic rings. The van der Waals surface area contributed by atoms with Crippen molar-refractivity contribution < 1.29 is 5.11 Å². The number of hydrogen-bond acceptors (Lipinski definition) is 1. The zero-order valence-electron chi connectivity index (χ0n) is 18.7. The molecule has 0 aliphatic heterocycles. The first-order chi connectivity index (χ1) is 12.6. The first-order valence-electron chi connectivity index (χ1n) is 10.0. The largest absolute Gasteiger partial charge is 0.507 e. The molecule has 1 rings (SSSR count). The fraction of sp³-hybridized carbons (Fsp3) is 0.462. The summed E-state index contributed by atoms with van der Waals surface area (Å²) >= 11 is 0. The van der Waals surface area contributed by atoms with Crippen LogP contribution in [0.25, 0.3) is 0 Å². The SMILES string of the molecule is CC(C)=CCc1cc(CC=C(C)C)c(CC=C(C)C)c(O)c1CC=C(C)C. The topological polar surface area (TPSA) is 20.2 Å². The zero-order chi connectivity index (χ0) is 20.6. The minimum atomic E-state index is 0.488. The minimum absolute atomic E-state index is 0.488. The summed E-state index contributed by atoms with van der Waals surface area (Å²) < 4.78 is 0. The van der Waals surface area contributed by atoms with E-state index in [0.717, 1.165) is 36.8 Å². The van der Waals surface area contributed by atoms with Crippen molar-refractivity contribution >= 4 is 0 Å². The van der Waals surface area contributed by atoms with Gasteiger partial charge in [-0.05, 0) is 92.2 Å². The van der Waals surface area contributed by atoms with Gasteiger partial charge in [0.1, 0.15) is 5.75 Å². The van der Waals surface area contributed by atoms with E-state index >= 15 is 0 Å². The van der Waals surface area contributed by atoms with Crippen LogP contribution in [0.5, 0.6) is 5.75 Å². The molecule has 0 heterocycles. The van der Waals surface area contributed by atoms with E-state index in [1.54, 1.807) is 0 Å². The molecule has 0 atom stereocenters. The van der Waals surface area contributed by atoms with Gasteiger partial charge in [-0.2, -0.15) is 0 Å². The van der Waals surface area contributed by atoms with Gasteiger partial charge in [0.15, 0.2) is 0 Å². The van der Waals surface area contributed by atoms with E-state index in [4.69, 9.17) is 0 Å². The third-order valence-corrected chi connectivity index (χ3v) is 4.58. The normalized spacial score (nSPS) is 10.2. The number of rotatable bonds is 8. The third-order valence-electron chi connectivity index (χ3n) is 4.58. The number of allylic oxidation sites excluding steroid dienone is 8. The maximum atomic E-state index is 11.2. The fourth-order valence-corrected chi connectivity index (χ4v) is 2.93. The van der Waals surface area contributed by atoms with Crippen molar-refractivity contribution in [2.75, 3.05) is 0 Å². The van der Waals surface area contributed by atoms with E-state index in [-0.39, 0.29) is 0 Å². The van der Waals surface area contributed by atoms with E-state index in [1.165, 1.54) is 33.4 Å². The van der Waals surface area contributed by atoms with Crippen LogP contribution in [0.15, 0.2) is 52.7 Å². The van der Waals surface area contributed by atoms with Crippen LogP contribution in [0.2, 0.25) is 0 Å². The van der Waals surface area contributed by atoms with Gasteiger partial charge in [0.25, 0.3) is 0 Å². The Morgan fingerprint density at radius 2 is 0.889 bits per heavy atom. The Morgan fingerprint density at radius 1 is 0.593 bits per heavy atom. The highest BCUT2D eigenvalue weighted by molar-refractivity contribution is 5.53. The van der Waals surface area contributed by atoms with Gasteiger partial charge < -0.3 is 5.11 Å². The number of phenols is 1. The Kier molecular flexibility index (Phi) is 9.35. The van der Waals surface area contributed by atoms with E-state index in [1.807, 2.05) is 0 Å². The van der Waals surface area contributed by atoms with Crippen molar-refractivity contribution in [1.82, 2.24) is 0 Å². The summed E-state index contributed by atoms with van der Waals surface area (Å²) in [6, 6.07) is 2.32. The number of aromatic hydroxyl groups is 1. The number of phenolic OH excluding ortho intramolecular Hbond substituents is 1. The molecule has 0 unspecified atom stereocenters. The Balaban J connectivity index is 3.58. The maximum absolute atomic E-state index is 11.2. The molecular formula is C26H38O. The van der Waals surface area contributed by atoms with Crippen molar-refractivity contribution in [1.29, 1.82) is 0 Å². The van der Waals surface area contributed by atoms with Crippen LogP contribution in [0.3, 0.4) is 0 Å². The molecule has 0 saturated carbocycles. The van der Waals surface area contributed by atoms with E-state index in [0.29, 0.717) is 5.75 Å². The summed E-state index contributed by atoms with van der Waals surface area (Å²) in [5.41, 5.74) is 9.81. The lowest BCUT2D eigenvalue weighted by atomic mass is 9.89. The van der Waals surface area contributed by atoms with Gasteiger partial charge >= 0.3 is 0 Å². The second-order valence-corrected chi connectivity index (χ2v) is 8.44. The van der Waals surface area contributed by atoms with Gasteiger partial charge in [0.05, 0.1) is 0 Å². The third kappa shape index (κ3) is 8.03. The van der Waals surface area contributed by atoms with Gasteiger partial charge in [-0.25, -0.2) is 0 Å². The lowest BCUT2D eigenvalue weighted by Crippen LogP contribution is -2.03. The highest BCUT2D eigenvalue weighted by atomic mass is 16.3. The monoisotopic (exact) mass is 366 g/mol. The predicted molar refractivity (Wildman–Crippen MR) is 121 cm³/mol. The smallest absolute Gasteiger partial charge is 0.123 e. The average Bonchev–Trinajstić information content (AvgIpc) is 2.55. The predicted octanol–water partition coefficient (Wildman–Crippen LogP) is 7.43. The molecular weight excluding hydrogens is 328 g/mol. The van der Waals surface area contributed by atoms with Crippen LogP contribution in [0.4, 0.5) is 0 Å². The van der Waals surface area contributed by atoms with Crippen LogP contribution in [-0.4, -0.2) is 5.11 Å². The summed E-state index contributed by atoms with van der Waals surface area (Å²) in [4.78, 5) is 0. The van der Waals surface area contributed by atoms with Crippen molar-refractivity contribution in [3.8, 4) is 5.75 Å². The van der Waals surface area contributed by atoms with Crippen molar-refractivity contribution in [3.05, 3.63) is 74.9 Å². The molecule has 0 fully saturated rings. The standard InChI is InChI=1S/C26H38O/c1-18(2)9-13-22-17-23(14-10-19(3)4)25(16-12-21(7)8)26(27)24(22)15-11-20(5)6/h9-12,17,27H,13-16H2,1-8H3. The van der Waals surface area contributed by atoms with Gasteiger partial charge in [-0.3, -0.25) is 0 Å². The van der Waals surface area contributed by atoms with Gasteiger partial charge in [-0.1, -0.05) is 52.7 Å². The molecule has 0 spiro atoms. The fourth-order valence-electron chi connectivity index (χ4n) is 2.93.